The van der Waals surface area contributed by atoms with Gasteiger partial charge in [0.25, 0.3) is 10.1 Å². The van der Waals surface area contributed by atoms with Gasteiger partial charge in [0.15, 0.2) is 6.54 Å². The fourth-order valence-electron chi connectivity index (χ4n) is 4.28. The molecule has 0 spiro atoms. The zero-order chi connectivity index (χ0) is 27.9. The minimum atomic E-state index is -3.81. The molecule has 0 fully saturated rings. The van der Waals surface area contributed by atoms with Gasteiger partial charge < -0.3 is 14.1 Å². The van der Waals surface area contributed by atoms with Gasteiger partial charge in [-0.25, -0.2) is 4.79 Å². The summed E-state index contributed by atoms with van der Waals surface area (Å²) in [7, 11) is 6.01. The first-order valence-electron chi connectivity index (χ1n) is 14.5. The van der Waals surface area contributed by atoms with Gasteiger partial charge in [0.2, 0.25) is 0 Å². The average molecular weight is 539 g/mol. The smallest absolute Gasteiger partial charge is 0.359 e. The summed E-state index contributed by atoms with van der Waals surface area (Å²) in [5, 5.41) is 8.23. The normalized spacial score (nSPS) is 12.3. The first-order valence-corrected chi connectivity index (χ1v) is 16.1. The number of aliphatic carboxylic acids is 1. The number of carbonyl (C=O) groups is 1. The molecular weight excluding hydrogens is 476 g/mol. The molecule has 0 saturated heterocycles. The van der Waals surface area contributed by atoms with Gasteiger partial charge in [-0.2, -0.15) is 8.42 Å². The summed E-state index contributed by atoms with van der Waals surface area (Å²) in [5.74, 6) is -0.870. The topological polar surface area (TPSA) is 91.7 Å². The minimum absolute atomic E-state index is 0.117. The Bertz CT molecular complexity index is 616. The van der Waals surface area contributed by atoms with E-state index in [9.17, 15) is 13.2 Å². The molecule has 8 heteroatoms. The Morgan fingerprint density at radius 2 is 0.944 bits per heavy atom. The van der Waals surface area contributed by atoms with Crippen molar-refractivity contribution in [1.82, 2.24) is 0 Å². The van der Waals surface area contributed by atoms with E-state index in [0.717, 1.165) is 17.6 Å². The van der Waals surface area contributed by atoms with Crippen molar-refractivity contribution in [3.05, 3.63) is 0 Å². The van der Waals surface area contributed by atoms with Crippen molar-refractivity contribution in [2.24, 2.45) is 0 Å². The van der Waals surface area contributed by atoms with Crippen LogP contribution in [0.4, 0.5) is 0 Å². The van der Waals surface area contributed by atoms with Gasteiger partial charge in [-0.05, 0) is 12.8 Å². The molecule has 0 unspecified atom stereocenters. The standard InChI is InChI=1S/C23H49NO3S.C5H11NO2/c1-4-5-6-7-8-9-10-11-12-13-14-15-16-17-18-19-21-24(2,3)22-20-23-28(25,26)27;1-6(2,3)4-5(7)8/h4-23H2,1-3H3;4H2,1-3H3/p+2. The van der Waals surface area contributed by atoms with Gasteiger partial charge in [0.1, 0.15) is 0 Å². The van der Waals surface area contributed by atoms with E-state index in [2.05, 4.69) is 21.0 Å². The van der Waals surface area contributed by atoms with E-state index in [-0.39, 0.29) is 12.3 Å². The fourth-order valence-corrected chi connectivity index (χ4v) is 4.77. The molecule has 218 valence electrons. The lowest BCUT2D eigenvalue weighted by atomic mass is 10.0. The molecular formula is C28H62N2O5S+2. The van der Waals surface area contributed by atoms with Crippen LogP contribution in [0.1, 0.15) is 116 Å². The number of unbranched alkanes of at least 4 members (excludes halogenated alkanes) is 15. The molecule has 0 bridgehead atoms. The van der Waals surface area contributed by atoms with Crippen molar-refractivity contribution < 1.29 is 31.8 Å². The third-order valence-electron chi connectivity index (χ3n) is 6.39. The van der Waals surface area contributed by atoms with E-state index < -0.39 is 16.1 Å². The van der Waals surface area contributed by atoms with Crippen molar-refractivity contribution in [2.75, 3.05) is 60.6 Å². The molecule has 0 aromatic carbocycles. The van der Waals surface area contributed by atoms with Gasteiger partial charge in [-0.1, -0.05) is 96.8 Å². The van der Waals surface area contributed by atoms with Crippen LogP contribution in [0.3, 0.4) is 0 Å². The molecule has 0 amide bonds. The highest BCUT2D eigenvalue weighted by Gasteiger charge is 2.16. The lowest BCUT2D eigenvalue weighted by Crippen LogP contribution is -2.41. The number of rotatable bonds is 23. The van der Waals surface area contributed by atoms with Gasteiger partial charge in [-0.15, -0.1) is 0 Å². The maximum absolute atomic E-state index is 10.8. The quantitative estimate of drug-likeness (QED) is 0.0895. The Hall–Kier alpha value is -0.700. The Balaban J connectivity index is 0. The molecule has 0 aliphatic rings. The SMILES string of the molecule is CCCCCCCCCCCCCCCCCC[N+](C)(C)CCCS(=O)(=O)O.C[N+](C)(C)CC(=O)O. The molecule has 0 radical (unpaired) electrons. The second-order valence-corrected chi connectivity index (χ2v) is 13.7. The first kappa shape index (κ1) is 37.5. The van der Waals surface area contributed by atoms with Gasteiger partial charge in [-0.3, -0.25) is 4.55 Å². The molecule has 0 heterocycles. The van der Waals surface area contributed by atoms with Gasteiger partial charge in [0.05, 0.1) is 54.1 Å². The molecule has 0 saturated carbocycles. The summed E-state index contributed by atoms with van der Waals surface area (Å²) >= 11 is 0. The highest BCUT2D eigenvalue weighted by atomic mass is 32.2. The van der Waals surface area contributed by atoms with Crippen LogP contribution in [0.2, 0.25) is 0 Å². The Labute approximate surface area is 224 Å². The molecule has 7 nitrogen and oxygen atoms in total. The van der Waals surface area contributed by atoms with Crippen LogP contribution >= 0.6 is 0 Å². The fraction of sp³-hybridized carbons (Fsp3) is 0.964. The first-order chi connectivity index (χ1) is 16.7. The minimum Gasteiger partial charge on any atom is -0.477 e. The van der Waals surface area contributed by atoms with Crippen molar-refractivity contribution >= 4 is 16.1 Å². The predicted molar refractivity (Wildman–Crippen MR) is 153 cm³/mol. The third-order valence-corrected chi connectivity index (χ3v) is 7.20. The summed E-state index contributed by atoms with van der Waals surface area (Å²) in [6.07, 6.45) is 22.7. The number of hydrogen-bond acceptors (Lipinski definition) is 3. The lowest BCUT2D eigenvalue weighted by molar-refractivity contribution is -0.890. The highest BCUT2D eigenvalue weighted by molar-refractivity contribution is 7.85. The highest BCUT2D eigenvalue weighted by Crippen LogP contribution is 2.14. The van der Waals surface area contributed by atoms with Gasteiger partial charge >= 0.3 is 5.97 Å². The van der Waals surface area contributed by atoms with E-state index in [1.165, 1.54) is 103 Å². The molecule has 36 heavy (non-hydrogen) atoms. The maximum atomic E-state index is 10.8. The largest absolute Gasteiger partial charge is 0.477 e. The Morgan fingerprint density at radius 3 is 1.22 bits per heavy atom. The van der Waals surface area contributed by atoms with Crippen molar-refractivity contribution in [2.45, 2.75) is 116 Å². The third kappa shape index (κ3) is 35.5. The zero-order valence-electron chi connectivity index (χ0n) is 24.8. The zero-order valence-corrected chi connectivity index (χ0v) is 25.6. The number of nitrogens with zero attached hydrogens (tertiary/aromatic N) is 2. The summed E-state index contributed by atoms with van der Waals surface area (Å²) in [6.45, 7) is 4.35. The van der Waals surface area contributed by atoms with Crippen LogP contribution in [-0.2, 0) is 14.9 Å². The van der Waals surface area contributed by atoms with Crippen LogP contribution in [-0.4, -0.2) is 93.6 Å². The van der Waals surface area contributed by atoms with E-state index in [4.69, 9.17) is 9.66 Å². The lowest BCUT2D eigenvalue weighted by Gasteiger charge is -2.29. The van der Waals surface area contributed by atoms with E-state index in [0.29, 0.717) is 10.9 Å². The van der Waals surface area contributed by atoms with Crippen molar-refractivity contribution in [3.8, 4) is 0 Å². The van der Waals surface area contributed by atoms with Crippen LogP contribution in [0.25, 0.3) is 0 Å². The molecule has 0 aromatic heterocycles. The Morgan fingerprint density at radius 1 is 0.611 bits per heavy atom. The van der Waals surface area contributed by atoms with Crippen molar-refractivity contribution in [1.29, 1.82) is 0 Å². The molecule has 0 atom stereocenters. The molecule has 0 rings (SSSR count). The van der Waals surface area contributed by atoms with Gasteiger partial charge in [0, 0.05) is 6.42 Å². The number of quaternary nitrogens is 2. The second-order valence-electron chi connectivity index (χ2n) is 12.2. The van der Waals surface area contributed by atoms with Crippen LogP contribution in [0.15, 0.2) is 0 Å². The summed E-state index contributed by atoms with van der Waals surface area (Å²) in [5.41, 5.74) is 0. The van der Waals surface area contributed by atoms with Crippen molar-refractivity contribution in [3.63, 3.8) is 0 Å². The van der Waals surface area contributed by atoms with Crippen LogP contribution in [0.5, 0.6) is 0 Å². The maximum Gasteiger partial charge on any atom is 0.359 e. The van der Waals surface area contributed by atoms with E-state index in [1.807, 2.05) is 21.1 Å². The molecule has 0 aliphatic heterocycles. The summed E-state index contributed by atoms with van der Waals surface area (Å²) < 4.78 is 31.7. The van der Waals surface area contributed by atoms with E-state index >= 15 is 0 Å². The van der Waals surface area contributed by atoms with Crippen LogP contribution < -0.4 is 0 Å². The molecule has 2 N–H and O–H groups in total. The monoisotopic (exact) mass is 538 g/mol. The summed E-state index contributed by atoms with van der Waals surface area (Å²) in [6, 6.07) is 0. The second kappa shape index (κ2) is 22.3. The predicted octanol–water partition coefficient (Wildman–Crippen LogP) is 6.38. The molecule has 0 aliphatic carbocycles. The Kier molecular flexibility index (Phi) is 23.2. The number of hydrogen-bond donors (Lipinski definition) is 2. The van der Waals surface area contributed by atoms with E-state index in [1.54, 1.807) is 0 Å². The number of carboxylic acids is 1. The molecule has 0 aromatic rings. The average Bonchev–Trinajstić information content (AvgIpc) is 2.71. The number of likely N-dealkylation sites (N-methyl/N-ethyl adjacent to an activating group) is 1. The summed E-state index contributed by atoms with van der Waals surface area (Å²) in [4.78, 5) is 10.00. The van der Waals surface area contributed by atoms with Crippen LogP contribution in [0, 0.1) is 0 Å². The number of carboxylic acid groups (broad SMARTS) is 1.